The molecule has 3 rings (SSSR count). The number of nitrogens with zero attached hydrogens (tertiary/aromatic N) is 3. The van der Waals surface area contributed by atoms with Crippen LogP contribution in [0.4, 0.5) is 17.6 Å². The Morgan fingerprint density at radius 3 is 2.46 bits per heavy atom. The smallest absolute Gasteiger partial charge is 0.289 e. The molecule has 28 heavy (non-hydrogen) atoms. The van der Waals surface area contributed by atoms with Crippen molar-refractivity contribution in [2.24, 2.45) is 7.05 Å². The van der Waals surface area contributed by atoms with E-state index in [0.29, 0.717) is 5.69 Å². The molecule has 0 saturated carbocycles. The third-order valence-electron chi connectivity index (χ3n) is 3.82. The second-order valence-corrected chi connectivity index (χ2v) is 5.99. The second-order valence-electron chi connectivity index (χ2n) is 5.99. The summed E-state index contributed by atoms with van der Waals surface area (Å²) in [5, 5.41) is 4.17. The number of furan rings is 1. The molecule has 0 radical (unpaired) electrons. The third-order valence-corrected chi connectivity index (χ3v) is 3.82. The monoisotopic (exact) mass is 397 g/mol. The van der Waals surface area contributed by atoms with Gasteiger partial charge in [0.15, 0.2) is 23.1 Å². The van der Waals surface area contributed by atoms with Gasteiger partial charge < -0.3 is 14.1 Å². The molecule has 1 amide bonds. The van der Waals surface area contributed by atoms with E-state index in [1.54, 1.807) is 31.0 Å². The lowest BCUT2D eigenvalue weighted by atomic mass is 10.3. The van der Waals surface area contributed by atoms with Crippen LogP contribution in [0.3, 0.4) is 0 Å². The minimum absolute atomic E-state index is 0.0385. The Morgan fingerprint density at radius 1 is 1.18 bits per heavy atom. The molecule has 2 heterocycles. The van der Waals surface area contributed by atoms with Crippen LogP contribution in [0, 0.1) is 23.3 Å². The molecule has 0 unspecified atom stereocenters. The number of hydrogen-bond acceptors (Lipinski definition) is 4. The standard InChI is InChI=1S/C18H15F4N3O3/c1-24(8-10-5-6-25(2)23-10)18(26)14-4-3-11(28-14)9-27-17-15(21)12(19)7-13(20)16(17)22/h3-7H,8-9H2,1-2H3. The number of amides is 1. The number of aromatic nitrogens is 2. The molecule has 0 spiro atoms. The molecule has 0 aliphatic heterocycles. The molecule has 10 heteroatoms. The highest BCUT2D eigenvalue weighted by Gasteiger charge is 2.22. The average molecular weight is 397 g/mol. The number of benzene rings is 1. The molecule has 0 fully saturated rings. The molecular formula is C18H15F4N3O3. The molecule has 0 bridgehead atoms. The fourth-order valence-corrected chi connectivity index (χ4v) is 2.44. The van der Waals surface area contributed by atoms with Crippen LogP contribution in [0.1, 0.15) is 22.0 Å². The van der Waals surface area contributed by atoms with Crippen molar-refractivity contribution >= 4 is 5.91 Å². The molecule has 0 saturated heterocycles. The Hall–Kier alpha value is -3.30. The van der Waals surface area contributed by atoms with Gasteiger partial charge in [0.2, 0.25) is 11.6 Å². The van der Waals surface area contributed by atoms with E-state index in [9.17, 15) is 22.4 Å². The van der Waals surface area contributed by atoms with Gasteiger partial charge in [0, 0.05) is 26.4 Å². The predicted octanol–water partition coefficient (Wildman–Crippen LogP) is 3.42. The van der Waals surface area contributed by atoms with Gasteiger partial charge >= 0.3 is 0 Å². The normalized spacial score (nSPS) is 10.9. The maximum absolute atomic E-state index is 13.6. The van der Waals surface area contributed by atoms with Gasteiger partial charge in [-0.15, -0.1) is 0 Å². The van der Waals surface area contributed by atoms with E-state index in [4.69, 9.17) is 9.15 Å². The van der Waals surface area contributed by atoms with Crippen molar-refractivity contribution in [2.75, 3.05) is 7.05 Å². The Bertz CT molecular complexity index is 989. The zero-order valence-corrected chi connectivity index (χ0v) is 14.9. The van der Waals surface area contributed by atoms with Gasteiger partial charge in [-0.05, 0) is 18.2 Å². The van der Waals surface area contributed by atoms with Crippen LogP contribution >= 0.6 is 0 Å². The number of ether oxygens (including phenoxy) is 1. The first-order valence-electron chi connectivity index (χ1n) is 8.04. The Labute approximate surface area is 156 Å². The van der Waals surface area contributed by atoms with Crippen molar-refractivity contribution in [3.05, 3.63) is 70.9 Å². The van der Waals surface area contributed by atoms with E-state index in [1.807, 2.05) is 0 Å². The molecule has 6 nitrogen and oxygen atoms in total. The summed E-state index contributed by atoms with van der Waals surface area (Å²) in [6.07, 6.45) is 1.74. The van der Waals surface area contributed by atoms with Crippen molar-refractivity contribution in [2.45, 2.75) is 13.2 Å². The molecule has 148 valence electrons. The molecule has 1 aromatic carbocycles. The molecule has 0 atom stereocenters. The minimum atomic E-state index is -1.66. The van der Waals surface area contributed by atoms with Crippen LogP contribution in [0.5, 0.6) is 5.75 Å². The highest BCUT2D eigenvalue weighted by molar-refractivity contribution is 5.91. The number of carbonyl (C=O) groups is 1. The molecule has 2 aromatic heterocycles. The average Bonchev–Trinajstić information content (AvgIpc) is 3.28. The lowest BCUT2D eigenvalue weighted by molar-refractivity contribution is 0.0747. The summed E-state index contributed by atoms with van der Waals surface area (Å²) >= 11 is 0. The topological polar surface area (TPSA) is 60.5 Å². The van der Waals surface area contributed by atoms with Gasteiger partial charge in [0.05, 0.1) is 12.2 Å². The van der Waals surface area contributed by atoms with E-state index >= 15 is 0 Å². The Morgan fingerprint density at radius 2 is 1.86 bits per heavy atom. The van der Waals surface area contributed by atoms with Crippen molar-refractivity contribution < 1.29 is 31.5 Å². The Kier molecular flexibility index (Phi) is 5.39. The third kappa shape index (κ3) is 4.00. The van der Waals surface area contributed by atoms with Crippen LogP contribution in [0.2, 0.25) is 0 Å². The first-order valence-corrected chi connectivity index (χ1v) is 8.04. The maximum Gasteiger partial charge on any atom is 0.289 e. The summed E-state index contributed by atoms with van der Waals surface area (Å²) < 4.78 is 65.2. The summed E-state index contributed by atoms with van der Waals surface area (Å²) in [7, 11) is 3.30. The lowest BCUT2D eigenvalue weighted by Crippen LogP contribution is -2.26. The first kappa shape index (κ1) is 19.5. The zero-order valence-electron chi connectivity index (χ0n) is 14.9. The number of carbonyl (C=O) groups excluding carboxylic acids is 1. The predicted molar refractivity (Wildman–Crippen MR) is 88.3 cm³/mol. The van der Waals surface area contributed by atoms with Crippen LogP contribution in [-0.2, 0) is 20.2 Å². The summed E-state index contributed by atoms with van der Waals surface area (Å²) in [4.78, 5) is 13.7. The van der Waals surface area contributed by atoms with Crippen LogP contribution in [0.15, 0.2) is 34.9 Å². The van der Waals surface area contributed by atoms with Gasteiger partial charge in [-0.3, -0.25) is 9.48 Å². The highest BCUT2D eigenvalue weighted by atomic mass is 19.2. The molecule has 0 aliphatic carbocycles. The number of halogens is 4. The van der Waals surface area contributed by atoms with Gasteiger partial charge in [0.25, 0.3) is 5.91 Å². The van der Waals surface area contributed by atoms with Gasteiger partial charge in [-0.2, -0.15) is 13.9 Å². The van der Waals surface area contributed by atoms with Crippen LogP contribution in [-0.4, -0.2) is 27.6 Å². The largest absolute Gasteiger partial charge is 0.479 e. The van der Waals surface area contributed by atoms with E-state index in [-0.39, 0.29) is 24.1 Å². The quantitative estimate of drug-likeness (QED) is 0.472. The summed E-state index contributed by atoms with van der Waals surface area (Å²) in [6.45, 7) is -0.292. The molecular weight excluding hydrogens is 382 g/mol. The number of aryl methyl sites for hydroxylation is 1. The first-order chi connectivity index (χ1) is 13.3. The maximum atomic E-state index is 13.6. The fourth-order valence-electron chi connectivity index (χ4n) is 2.44. The zero-order chi connectivity index (χ0) is 20.4. The van der Waals surface area contributed by atoms with E-state index < -0.39 is 41.5 Å². The van der Waals surface area contributed by atoms with Crippen molar-refractivity contribution in [1.29, 1.82) is 0 Å². The van der Waals surface area contributed by atoms with Crippen molar-refractivity contribution in [3.8, 4) is 5.75 Å². The summed E-state index contributed by atoms with van der Waals surface area (Å²) in [6, 6.07) is 4.55. The van der Waals surface area contributed by atoms with E-state index in [1.165, 1.54) is 17.0 Å². The van der Waals surface area contributed by atoms with Gasteiger partial charge in [-0.25, -0.2) is 8.78 Å². The van der Waals surface area contributed by atoms with Crippen LogP contribution in [0.25, 0.3) is 0 Å². The fraction of sp³-hybridized carbons (Fsp3) is 0.222. The van der Waals surface area contributed by atoms with E-state index in [2.05, 4.69) is 5.10 Å². The highest BCUT2D eigenvalue weighted by Crippen LogP contribution is 2.27. The molecule has 3 aromatic rings. The van der Waals surface area contributed by atoms with E-state index in [0.717, 1.165) is 0 Å². The number of hydrogen-bond donors (Lipinski definition) is 0. The Balaban J connectivity index is 1.67. The van der Waals surface area contributed by atoms with Crippen molar-refractivity contribution in [3.63, 3.8) is 0 Å². The van der Waals surface area contributed by atoms with Gasteiger partial charge in [-0.1, -0.05) is 0 Å². The minimum Gasteiger partial charge on any atom is -0.479 e. The molecule has 0 aliphatic rings. The lowest BCUT2D eigenvalue weighted by Gasteiger charge is -2.14. The van der Waals surface area contributed by atoms with Gasteiger partial charge in [0.1, 0.15) is 12.4 Å². The second kappa shape index (κ2) is 7.75. The SMILES string of the molecule is CN(Cc1ccn(C)n1)C(=O)c1ccc(COc2c(F)c(F)cc(F)c2F)o1. The number of rotatable bonds is 6. The van der Waals surface area contributed by atoms with Crippen molar-refractivity contribution in [1.82, 2.24) is 14.7 Å². The molecule has 0 N–H and O–H groups in total. The summed E-state index contributed by atoms with van der Waals surface area (Å²) in [5.41, 5.74) is 0.674. The van der Waals surface area contributed by atoms with Crippen LogP contribution < -0.4 is 4.74 Å². The summed E-state index contributed by atoms with van der Waals surface area (Å²) in [5.74, 6) is -8.13.